The van der Waals surface area contributed by atoms with Crippen molar-refractivity contribution in [1.29, 1.82) is 0 Å². The second kappa shape index (κ2) is 5.74. The van der Waals surface area contributed by atoms with Crippen LogP contribution in [0.1, 0.15) is 13.8 Å². The third-order valence-electron chi connectivity index (χ3n) is 2.65. The molecule has 0 nitrogen and oxygen atoms in total. The minimum absolute atomic E-state index is 0.680. The molecule has 1 unspecified atom stereocenters. The standard InChI is InChI=1S/C14H22SSi/c1-6-12(2)14(16(3,4)5)15-13-10-8-7-9-11-13/h6-11,14H,1-5H3/b12-6+. The highest BCUT2D eigenvalue weighted by molar-refractivity contribution is 8.01. The maximum atomic E-state index is 2.45. The Bertz CT molecular complexity index is 349. The van der Waals surface area contributed by atoms with E-state index in [9.17, 15) is 0 Å². The lowest BCUT2D eigenvalue weighted by Crippen LogP contribution is -2.36. The Hall–Kier alpha value is -0.473. The van der Waals surface area contributed by atoms with E-state index >= 15 is 0 Å². The van der Waals surface area contributed by atoms with Crippen molar-refractivity contribution in [2.45, 2.75) is 43.3 Å². The van der Waals surface area contributed by atoms with Crippen molar-refractivity contribution in [3.05, 3.63) is 42.0 Å². The predicted molar refractivity (Wildman–Crippen MR) is 78.9 cm³/mol. The van der Waals surface area contributed by atoms with E-state index in [1.54, 1.807) is 0 Å². The molecule has 0 saturated heterocycles. The lowest BCUT2D eigenvalue weighted by Gasteiger charge is -2.29. The van der Waals surface area contributed by atoms with Crippen LogP contribution in [-0.2, 0) is 0 Å². The summed E-state index contributed by atoms with van der Waals surface area (Å²) in [6.45, 7) is 11.7. The Balaban J connectivity index is 2.89. The Labute approximate surface area is 105 Å². The Morgan fingerprint density at radius 1 is 1.19 bits per heavy atom. The van der Waals surface area contributed by atoms with E-state index in [4.69, 9.17) is 0 Å². The van der Waals surface area contributed by atoms with Gasteiger partial charge in [-0.2, -0.15) is 0 Å². The van der Waals surface area contributed by atoms with Crippen LogP contribution in [0.5, 0.6) is 0 Å². The largest absolute Gasteiger partial charge is 0.122 e. The topological polar surface area (TPSA) is 0 Å². The summed E-state index contributed by atoms with van der Waals surface area (Å²) in [5.74, 6) is 0. The molecule has 0 fully saturated rings. The van der Waals surface area contributed by atoms with Gasteiger partial charge in [0.1, 0.15) is 0 Å². The molecule has 0 amide bonds. The van der Waals surface area contributed by atoms with Crippen LogP contribution in [0.4, 0.5) is 0 Å². The molecule has 0 heterocycles. The maximum absolute atomic E-state index is 2.45. The van der Waals surface area contributed by atoms with Crippen molar-refractivity contribution in [1.82, 2.24) is 0 Å². The van der Waals surface area contributed by atoms with Gasteiger partial charge in [-0.25, -0.2) is 0 Å². The van der Waals surface area contributed by atoms with Gasteiger partial charge in [0, 0.05) is 9.77 Å². The van der Waals surface area contributed by atoms with Crippen molar-refractivity contribution in [2.24, 2.45) is 0 Å². The van der Waals surface area contributed by atoms with Crippen molar-refractivity contribution in [3.63, 3.8) is 0 Å². The zero-order chi connectivity index (χ0) is 12.2. The molecule has 0 radical (unpaired) electrons. The minimum Gasteiger partial charge on any atom is -0.122 e. The zero-order valence-electron chi connectivity index (χ0n) is 10.9. The first-order valence-electron chi connectivity index (χ1n) is 5.79. The highest BCUT2D eigenvalue weighted by atomic mass is 32.2. The van der Waals surface area contributed by atoms with Gasteiger partial charge < -0.3 is 0 Å². The fourth-order valence-corrected chi connectivity index (χ4v) is 6.00. The van der Waals surface area contributed by atoms with Crippen LogP contribution in [0.2, 0.25) is 19.6 Å². The number of allylic oxidation sites excluding steroid dienone is 1. The van der Waals surface area contributed by atoms with Crippen molar-refractivity contribution in [2.75, 3.05) is 0 Å². The molecule has 0 aliphatic carbocycles. The molecule has 1 atom stereocenters. The van der Waals surface area contributed by atoms with Crippen LogP contribution >= 0.6 is 11.8 Å². The van der Waals surface area contributed by atoms with Gasteiger partial charge in [0.05, 0.1) is 8.07 Å². The van der Waals surface area contributed by atoms with Gasteiger partial charge in [0.15, 0.2) is 0 Å². The van der Waals surface area contributed by atoms with Crippen LogP contribution in [0, 0.1) is 0 Å². The van der Waals surface area contributed by atoms with E-state index in [2.05, 4.69) is 69.9 Å². The normalized spacial score (nSPS) is 14.9. The third kappa shape index (κ3) is 3.83. The molecule has 0 N–H and O–H groups in total. The second-order valence-electron chi connectivity index (χ2n) is 5.21. The highest BCUT2D eigenvalue weighted by Gasteiger charge is 2.28. The molecule has 0 aromatic heterocycles. The summed E-state index contributed by atoms with van der Waals surface area (Å²) < 4.78 is 0. The fraction of sp³-hybridized carbons (Fsp3) is 0.429. The number of hydrogen-bond acceptors (Lipinski definition) is 1. The smallest absolute Gasteiger partial charge is 0.0643 e. The Kier molecular flexibility index (Phi) is 4.87. The van der Waals surface area contributed by atoms with Crippen LogP contribution in [0.25, 0.3) is 0 Å². The summed E-state index contributed by atoms with van der Waals surface area (Å²) in [5.41, 5.74) is 1.52. The van der Waals surface area contributed by atoms with Crippen molar-refractivity contribution in [3.8, 4) is 0 Å². The summed E-state index contributed by atoms with van der Waals surface area (Å²) in [7, 11) is -1.16. The zero-order valence-corrected chi connectivity index (χ0v) is 12.8. The van der Waals surface area contributed by atoms with Gasteiger partial charge in [-0.3, -0.25) is 0 Å². The average molecular weight is 250 g/mol. The highest BCUT2D eigenvalue weighted by Crippen LogP contribution is 2.34. The molecule has 0 saturated carbocycles. The SMILES string of the molecule is C/C=C(\C)C(Sc1ccccc1)[Si](C)(C)C. The molecular weight excluding hydrogens is 228 g/mol. The third-order valence-corrected chi connectivity index (χ3v) is 8.31. The molecule has 16 heavy (non-hydrogen) atoms. The summed E-state index contributed by atoms with van der Waals surface area (Å²) in [4.78, 5) is 2.07. The van der Waals surface area contributed by atoms with Crippen molar-refractivity contribution < 1.29 is 0 Å². The molecule has 0 spiro atoms. The lowest BCUT2D eigenvalue weighted by atomic mass is 10.3. The lowest BCUT2D eigenvalue weighted by molar-refractivity contribution is 1.24. The summed E-state index contributed by atoms with van der Waals surface area (Å²) >= 11 is 2.02. The monoisotopic (exact) mass is 250 g/mol. The fourth-order valence-electron chi connectivity index (χ4n) is 1.74. The number of hydrogen-bond donors (Lipinski definition) is 0. The minimum atomic E-state index is -1.16. The molecule has 1 aromatic carbocycles. The van der Waals surface area contributed by atoms with E-state index in [1.807, 2.05) is 11.8 Å². The quantitative estimate of drug-likeness (QED) is 0.412. The summed E-state index contributed by atoms with van der Waals surface area (Å²) in [5, 5.41) is 0. The molecule has 0 aliphatic heterocycles. The molecule has 0 aliphatic rings. The van der Waals surface area contributed by atoms with E-state index < -0.39 is 8.07 Å². The number of thioether (sulfide) groups is 1. The van der Waals surface area contributed by atoms with Crippen LogP contribution in [0.15, 0.2) is 46.9 Å². The molecule has 2 heteroatoms. The molecule has 1 rings (SSSR count). The first-order chi connectivity index (χ1) is 7.45. The first-order valence-corrected chi connectivity index (χ1v) is 10.3. The Morgan fingerprint density at radius 3 is 2.19 bits per heavy atom. The predicted octanol–water partition coefficient (Wildman–Crippen LogP) is 4.99. The number of benzene rings is 1. The van der Waals surface area contributed by atoms with Crippen LogP contribution in [0.3, 0.4) is 0 Å². The van der Waals surface area contributed by atoms with Gasteiger partial charge in [-0.15, -0.1) is 11.8 Å². The van der Waals surface area contributed by atoms with Gasteiger partial charge >= 0.3 is 0 Å². The summed E-state index contributed by atoms with van der Waals surface area (Å²) in [6, 6.07) is 10.7. The Morgan fingerprint density at radius 2 is 1.75 bits per heavy atom. The first kappa shape index (κ1) is 13.6. The molecular formula is C14H22SSi. The van der Waals surface area contributed by atoms with Crippen LogP contribution < -0.4 is 0 Å². The van der Waals surface area contributed by atoms with Gasteiger partial charge in [0.2, 0.25) is 0 Å². The van der Waals surface area contributed by atoms with Gasteiger partial charge in [-0.1, -0.05) is 49.5 Å². The molecule has 0 bridgehead atoms. The van der Waals surface area contributed by atoms with Crippen molar-refractivity contribution >= 4 is 19.8 Å². The van der Waals surface area contributed by atoms with Gasteiger partial charge in [-0.05, 0) is 26.0 Å². The summed E-state index contributed by atoms with van der Waals surface area (Å²) in [6.07, 6.45) is 2.26. The maximum Gasteiger partial charge on any atom is 0.0643 e. The second-order valence-corrected chi connectivity index (χ2v) is 12.1. The van der Waals surface area contributed by atoms with Gasteiger partial charge in [0.25, 0.3) is 0 Å². The number of rotatable bonds is 4. The van der Waals surface area contributed by atoms with E-state index in [1.165, 1.54) is 10.5 Å². The van der Waals surface area contributed by atoms with Crippen LogP contribution in [-0.4, -0.2) is 12.9 Å². The van der Waals surface area contributed by atoms with E-state index in [0.717, 1.165) is 0 Å². The van der Waals surface area contributed by atoms with E-state index in [0.29, 0.717) is 4.87 Å². The molecule has 88 valence electrons. The average Bonchev–Trinajstić information content (AvgIpc) is 2.25. The van der Waals surface area contributed by atoms with E-state index in [-0.39, 0.29) is 0 Å². The molecule has 1 aromatic rings.